The summed E-state index contributed by atoms with van der Waals surface area (Å²) in [7, 11) is 0. The fraction of sp³-hybridized carbons (Fsp3) is 0.231. The average Bonchev–Trinajstić information content (AvgIpc) is 2.31. The van der Waals surface area contributed by atoms with Crippen molar-refractivity contribution in [3.8, 4) is 0 Å². The van der Waals surface area contributed by atoms with Crippen LogP contribution < -0.4 is 11.3 Å². The lowest BCUT2D eigenvalue weighted by Crippen LogP contribution is -2.08. The number of H-pyrrole nitrogens is 1. The Balaban J connectivity index is 2.36. The largest absolute Gasteiger partial charge is 0.330 e. The van der Waals surface area contributed by atoms with Crippen LogP contribution in [0.2, 0.25) is 0 Å². The van der Waals surface area contributed by atoms with Gasteiger partial charge < -0.3 is 10.7 Å². The van der Waals surface area contributed by atoms with E-state index in [0.717, 1.165) is 21.4 Å². The molecule has 0 saturated carbocycles. The second kappa shape index (κ2) is 6.36. The summed E-state index contributed by atoms with van der Waals surface area (Å²) in [5.41, 5.74) is 7.34. The van der Waals surface area contributed by atoms with E-state index in [1.54, 1.807) is 6.92 Å². The highest BCUT2D eigenvalue weighted by atomic mass is 79.9. The van der Waals surface area contributed by atoms with Crippen LogP contribution in [0.3, 0.4) is 0 Å². The molecule has 2 aromatic rings. The summed E-state index contributed by atoms with van der Waals surface area (Å²) in [6.45, 7) is 2.40. The molecular weight excluding hydrogens is 326 g/mol. The molecule has 1 aromatic heterocycles. The molecule has 0 fully saturated rings. The average molecular weight is 340 g/mol. The highest BCUT2D eigenvalue weighted by Gasteiger charge is 2.07. The summed E-state index contributed by atoms with van der Waals surface area (Å²) in [5.74, 6) is 0. The second-order valence-electron chi connectivity index (χ2n) is 4.08. The van der Waals surface area contributed by atoms with E-state index < -0.39 is 0 Å². The number of aryl methyl sites for hydroxylation is 1. The quantitative estimate of drug-likeness (QED) is 0.839. The van der Waals surface area contributed by atoms with Crippen LogP contribution in [-0.4, -0.2) is 16.5 Å². The van der Waals surface area contributed by atoms with E-state index in [0.29, 0.717) is 17.4 Å². The van der Waals surface area contributed by atoms with E-state index in [4.69, 9.17) is 5.73 Å². The molecule has 0 bridgehead atoms. The lowest BCUT2D eigenvalue weighted by molar-refractivity contribution is 0.899. The molecule has 0 unspecified atom stereocenters. The summed E-state index contributed by atoms with van der Waals surface area (Å²) in [6.07, 6.45) is 0.797. The molecule has 4 nitrogen and oxygen atoms in total. The first-order valence-electron chi connectivity index (χ1n) is 5.83. The number of hydrogen-bond acceptors (Lipinski definition) is 4. The minimum Gasteiger partial charge on any atom is -0.330 e. The number of benzene rings is 1. The van der Waals surface area contributed by atoms with Gasteiger partial charge in [0.2, 0.25) is 0 Å². The molecule has 0 amide bonds. The number of nitrogens with zero attached hydrogens (tertiary/aromatic N) is 1. The Morgan fingerprint density at radius 3 is 2.89 bits per heavy atom. The minimum absolute atomic E-state index is 0.134. The van der Waals surface area contributed by atoms with Crippen molar-refractivity contribution in [2.75, 3.05) is 6.54 Å². The maximum absolute atomic E-state index is 11.4. The van der Waals surface area contributed by atoms with E-state index in [1.807, 2.05) is 18.2 Å². The van der Waals surface area contributed by atoms with Gasteiger partial charge in [0.1, 0.15) is 0 Å². The number of aromatic amines is 1. The number of aromatic nitrogens is 2. The molecule has 0 saturated heterocycles. The first-order chi connectivity index (χ1) is 9.08. The van der Waals surface area contributed by atoms with Crippen molar-refractivity contribution in [3.05, 3.63) is 50.3 Å². The molecule has 0 aliphatic carbocycles. The summed E-state index contributed by atoms with van der Waals surface area (Å²) in [4.78, 5) is 19.5. The highest BCUT2D eigenvalue weighted by Crippen LogP contribution is 2.30. The SMILES string of the molecule is Cc1cc(=O)[nH]c(Sc2cc(Br)ccc2CCN)n1. The smallest absolute Gasteiger partial charge is 0.251 e. The van der Waals surface area contributed by atoms with Gasteiger partial charge in [-0.3, -0.25) is 4.79 Å². The molecule has 3 N–H and O–H groups in total. The first kappa shape index (κ1) is 14.3. The topological polar surface area (TPSA) is 71.8 Å². The van der Waals surface area contributed by atoms with Crippen LogP contribution in [0.25, 0.3) is 0 Å². The Hall–Kier alpha value is -1.11. The molecule has 1 aromatic carbocycles. The maximum Gasteiger partial charge on any atom is 0.251 e. The lowest BCUT2D eigenvalue weighted by Gasteiger charge is -2.08. The van der Waals surface area contributed by atoms with Gasteiger partial charge in [0.05, 0.1) is 0 Å². The van der Waals surface area contributed by atoms with Crippen molar-refractivity contribution < 1.29 is 0 Å². The molecule has 1 heterocycles. The molecule has 2 rings (SSSR count). The van der Waals surface area contributed by atoms with Crippen molar-refractivity contribution in [2.24, 2.45) is 5.73 Å². The van der Waals surface area contributed by atoms with Crippen molar-refractivity contribution in [3.63, 3.8) is 0 Å². The predicted octanol–water partition coefficient (Wildman–Crippen LogP) is 2.49. The molecule has 6 heteroatoms. The van der Waals surface area contributed by atoms with E-state index in [2.05, 4.69) is 25.9 Å². The van der Waals surface area contributed by atoms with E-state index >= 15 is 0 Å². The van der Waals surface area contributed by atoms with Gasteiger partial charge in [-0.25, -0.2) is 4.98 Å². The van der Waals surface area contributed by atoms with Crippen LogP contribution >= 0.6 is 27.7 Å². The number of nitrogens with one attached hydrogen (secondary N) is 1. The van der Waals surface area contributed by atoms with Crippen LogP contribution in [-0.2, 0) is 6.42 Å². The third-order valence-electron chi connectivity index (χ3n) is 2.50. The maximum atomic E-state index is 11.4. The Bertz CT molecular complexity index is 642. The molecular formula is C13H14BrN3OS. The van der Waals surface area contributed by atoms with Crippen molar-refractivity contribution >= 4 is 27.7 Å². The zero-order valence-electron chi connectivity index (χ0n) is 10.4. The van der Waals surface area contributed by atoms with E-state index in [-0.39, 0.29) is 5.56 Å². The van der Waals surface area contributed by atoms with Crippen LogP contribution in [0.15, 0.2) is 43.6 Å². The van der Waals surface area contributed by atoms with Crippen LogP contribution in [0.4, 0.5) is 0 Å². The molecule has 0 aliphatic rings. The van der Waals surface area contributed by atoms with Crippen molar-refractivity contribution in [1.29, 1.82) is 0 Å². The van der Waals surface area contributed by atoms with Gasteiger partial charge in [0.25, 0.3) is 5.56 Å². The fourth-order valence-corrected chi connectivity index (χ4v) is 3.24. The molecule has 0 aliphatic heterocycles. The number of halogens is 1. The zero-order chi connectivity index (χ0) is 13.8. The number of hydrogen-bond donors (Lipinski definition) is 2. The Morgan fingerprint density at radius 2 is 2.21 bits per heavy atom. The molecule has 19 heavy (non-hydrogen) atoms. The minimum atomic E-state index is -0.134. The monoisotopic (exact) mass is 339 g/mol. The third-order valence-corrected chi connectivity index (χ3v) is 3.98. The van der Waals surface area contributed by atoms with Crippen molar-refractivity contribution in [1.82, 2.24) is 9.97 Å². The predicted molar refractivity (Wildman–Crippen MR) is 80.6 cm³/mol. The van der Waals surface area contributed by atoms with Gasteiger partial charge in [-0.1, -0.05) is 33.8 Å². The summed E-state index contributed by atoms with van der Waals surface area (Å²) < 4.78 is 0.991. The number of nitrogens with two attached hydrogens (primary N) is 1. The van der Waals surface area contributed by atoms with Gasteiger partial charge in [-0.2, -0.15) is 0 Å². The molecule has 0 spiro atoms. The van der Waals surface area contributed by atoms with Crippen molar-refractivity contribution in [2.45, 2.75) is 23.4 Å². The molecule has 100 valence electrons. The Kier molecular flexibility index (Phi) is 4.79. The first-order valence-corrected chi connectivity index (χ1v) is 7.44. The van der Waals surface area contributed by atoms with Gasteiger partial charge >= 0.3 is 0 Å². The molecule has 0 radical (unpaired) electrons. The Labute approximate surface area is 124 Å². The summed E-state index contributed by atoms with van der Waals surface area (Å²) in [6, 6.07) is 7.51. The summed E-state index contributed by atoms with van der Waals surface area (Å²) >= 11 is 4.90. The zero-order valence-corrected chi connectivity index (χ0v) is 12.8. The molecule has 0 atom stereocenters. The van der Waals surface area contributed by atoms with Gasteiger partial charge in [-0.15, -0.1) is 0 Å². The lowest BCUT2D eigenvalue weighted by atomic mass is 10.1. The number of rotatable bonds is 4. The second-order valence-corrected chi connectivity index (χ2v) is 6.03. The van der Waals surface area contributed by atoms with Crippen LogP contribution in [0.1, 0.15) is 11.3 Å². The van der Waals surface area contributed by atoms with Gasteiger partial charge in [0.15, 0.2) is 5.16 Å². The Morgan fingerprint density at radius 1 is 1.42 bits per heavy atom. The van der Waals surface area contributed by atoms with E-state index in [1.165, 1.54) is 17.8 Å². The summed E-state index contributed by atoms with van der Waals surface area (Å²) in [5, 5.41) is 0.598. The highest BCUT2D eigenvalue weighted by molar-refractivity contribution is 9.10. The standard InChI is InChI=1S/C13H14BrN3OS/c1-8-6-12(18)17-13(16-8)19-11-7-10(14)3-2-9(11)4-5-15/h2-3,6-7H,4-5,15H2,1H3,(H,16,17,18). The normalized spacial score (nSPS) is 10.7. The van der Waals surface area contributed by atoms with Crippen LogP contribution in [0, 0.1) is 6.92 Å². The third kappa shape index (κ3) is 3.92. The van der Waals surface area contributed by atoms with E-state index in [9.17, 15) is 4.79 Å². The fourth-order valence-electron chi connectivity index (χ4n) is 1.69. The van der Waals surface area contributed by atoms with Gasteiger partial charge in [-0.05, 0) is 37.6 Å². The van der Waals surface area contributed by atoms with Crippen LogP contribution in [0.5, 0.6) is 0 Å². The van der Waals surface area contributed by atoms with Gasteiger partial charge in [0, 0.05) is 21.1 Å².